The SMILES string of the molecule is O=C(Nc1ccc2c(c1)OCO2)C1CCN(C(=O)CN2CCCCCC2=O)CC1. The molecule has 1 aromatic carbocycles. The minimum absolute atomic E-state index is 0.0186. The van der Waals surface area contributed by atoms with E-state index >= 15 is 0 Å². The molecule has 3 aliphatic heterocycles. The van der Waals surface area contributed by atoms with Gasteiger partial charge in [-0.25, -0.2) is 0 Å². The van der Waals surface area contributed by atoms with Crippen molar-refractivity contribution in [2.75, 3.05) is 38.3 Å². The Balaban J connectivity index is 1.25. The van der Waals surface area contributed by atoms with Gasteiger partial charge in [-0.2, -0.15) is 0 Å². The minimum atomic E-state index is -0.135. The van der Waals surface area contributed by atoms with E-state index in [0.29, 0.717) is 56.1 Å². The molecule has 3 aliphatic rings. The fourth-order valence-electron chi connectivity index (χ4n) is 4.08. The van der Waals surface area contributed by atoms with Crippen LogP contribution >= 0.6 is 0 Å². The zero-order chi connectivity index (χ0) is 20.2. The highest BCUT2D eigenvalue weighted by atomic mass is 16.7. The molecule has 1 aromatic rings. The summed E-state index contributed by atoms with van der Waals surface area (Å²) in [5, 5.41) is 2.93. The molecular weight excluding hydrogens is 374 g/mol. The maximum absolute atomic E-state index is 12.6. The van der Waals surface area contributed by atoms with E-state index in [1.54, 1.807) is 28.0 Å². The molecule has 0 radical (unpaired) electrons. The Morgan fingerprint density at radius 1 is 1.03 bits per heavy atom. The molecule has 156 valence electrons. The molecular formula is C21H27N3O5. The van der Waals surface area contributed by atoms with Crippen LogP contribution in [0.2, 0.25) is 0 Å². The van der Waals surface area contributed by atoms with E-state index in [0.717, 1.165) is 19.3 Å². The van der Waals surface area contributed by atoms with Gasteiger partial charge in [0.2, 0.25) is 24.5 Å². The highest BCUT2D eigenvalue weighted by molar-refractivity contribution is 5.93. The van der Waals surface area contributed by atoms with Gasteiger partial charge in [0.25, 0.3) is 0 Å². The van der Waals surface area contributed by atoms with E-state index in [4.69, 9.17) is 9.47 Å². The molecule has 2 fully saturated rings. The predicted octanol–water partition coefficient (Wildman–Crippen LogP) is 1.99. The summed E-state index contributed by atoms with van der Waals surface area (Å²) in [6.45, 7) is 2.11. The Morgan fingerprint density at radius 3 is 2.66 bits per heavy atom. The summed E-state index contributed by atoms with van der Waals surface area (Å²) in [6.07, 6.45) is 4.69. The van der Waals surface area contributed by atoms with Gasteiger partial charge in [0, 0.05) is 43.7 Å². The van der Waals surface area contributed by atoms with E-state index in [9.17, 15) is 14.4 Å². The number of hydrogen-bond acceptors (Lipinski definition) is 5. The van der Waals surface area contributed by atoms with E-state index in [2.05, 4.69) is 5.32 Å². The number of fused-ring (bicyclic) bond motifs is 1. The molecule has 0 unspecified atom stereocenters. The van der Waals surface area contributed by atoms with Crippen LogP contribution in [0.3, 0.4) is 0 Å². The lowest BCUT2D eigenvalue weighted by Gasteiger charge is -2.33. The summed E-state index contributed by atoms with van der Waals surface area (Å²) in [5.41, 5.74) is 0.678. The maximum Gasteiger partial charge on any atom is 0.242 e. The second kappa shape index (κ2) is 8.71. The maximum atomic E-state index is 12.6. The van der Waals surface area contributed by atoms with Crippen molar-refractivity contribution < 1.29 is 23.9 Å². The summed E-state index contributed by atoms with van der Waals surface area (Å²) in [6, 6.07) is 5.34. The van der Waals surface area contributed by atoms with Crippen molar-refractivity contribution in [2.24, 2.45) is 5.92 Å². The first kappa shape index (κ1) is 19.5. The number of rotatable bonds is 4. The second-order valence-electron chi connectivity index (χ2n) is 7.84. The topological polar surface area (TPSA) is 88.2 Å². The lowest BCUT2D eigenvalue weighted by Crippen LogP contribution is -2.46. The average molecular weight is 401 g/mol. The molecule has 3 amide bonds. The molecule has 1 N–H and O–H groups in total. The lowest BCUT2D eigenvalue weighted by molar-refractivity contribution is -0.141. The number of hydrogen-bond donors (Lipinski definition) is 1. The fourth-order valence-corrected chi connectivity index (χ4v) is 4.08. The van der Waals surface area contributed by atoms with Gasteiger partial charge in [0.1, 0.15) is 0 Å². The van der Waals surface area contributed by atoms with Gasteiger partial charge in [-0.05, 0) is 37.8 Å². The molecule has 0 bridgehead atoms. The first-order chi connectivity index (χ1) is 14.1. The van der Waals surface area contributed by atoms with E-state index in [1.165, 1.54) is 0 Å². The summed E-state index contributed by atoms with van der Waals surface area (Å²) in [5.74, 6) is 1.19. The average Bonchev–Trinajstić information content (AvgIpc) is 3.11. The quantitative estimate of drug-likeness (QED) is 0.834. The number of amides is 3. The third-order valence-electron chi connectivity index (χ3n) is 5.86. The summed E-state index contributed by atoms with van der Waals surface area (Å²) < 4.78 is 10.6. The van der Waals surface area contributed by atoms with Gasteiger partial charge >= 0.3 is 0 Å². The third-order valence-corrected chi connectivity index (χ3v) is 5.86. The molecule has 0 aromatic heterocycles. The highest BCUT2D eigenvalue weighted by Gasteiger charge is 2.29. The van der Waals surface area contributed by atoms with Gasteiger partial charge in [-0.1, -0.05) is 6.42 Å². The molecule has 8 heteroatoms. The Labute approximate surface area is 170 Å². The molecule has 8 nitrogen and oxygen atoms in total. The highest BCUT2D eigenvalue weighted by Crippen LogP contribution is 2.34. The van der Waals surface area contributed by atoms with Crippen LogP contribution in [0.1, 0.15) is 38.5 Å². The van der Waals surface area contributed by atoms with E-state index in [-0.39, 0.29) is 37.0 Å². The number of nitrogens with one attached hydrogen (secondary N) is 1. The largest absolute Gasteiger partial charge is 0.454 e. The summed E-state index contributed by atoms with van der Waals surface area (Å²) in [4.78, 5) is 40.8. The van der Waals surface area contributed by atoms with Crippen molar-refractivity contribution in [3.8, 4) is 11.5 Å². The van der Waals surface area contributed by atoms with Gasteiger partial charge in [0.15, 0.2) is 11.5 Å². The van der Waals surface area contributed by atoms with Crippen LogP contribution in [0.4, 0.5) is 5.69 Å². The van der Waals surface area contributed by atoms with Crippen LogP contribution < -0.4 is 14.8 Å². The number of benzene rings is 1. The number of carbonyl (C=O) groups excluding carboxylic acids is 3. The molecule has 3 heterocycles. The molecule has 0 spiro atoms. The first-order valence-electron chi connectivity index (χ1n) is 10.4. The smallest absolute Gasteiger partial charge is 0.242 e. The molecule has 4 rings (SSSR count). The Morgan fingerprint density at radius 2 is 1.83 bits per heavy atom. The van der Waals surface area contributed by atoms with Crippen LogP contribution in [0.15, 0.2) is 18.2 Å². The Hall–Kier alpha value is -2.77. The molecule has 0 aliphatic carbocycles. The van der Waals surface area contributed by atoms with Crippen molar-refractivity contribution >= 4 is 23.4 Å². The van der Waals surface area contributed by atoms with Crippen LogP contribution in [0.5, 0.6) is 11.5 Å². The lowest BCUT2D eigenvalue weighted by atomic mass is 9.95. The zero-order valence-corrected chi connectivity index (χ0v) is 16.5. The normalized spacial score (nSPS) is 19.8. The molecule has 2 saturated heterocycles. The predicted molar refractivity (Wildman–Crippen MR) is 106 cm³/mol. The van der Waals surface area contributed by atoms with E-state index < -0.39 is 0 Å². The van der Waals surface area contributed by atoms with Crippen LogP contribution in [0.25, 0.3) is 0 Å². The number of anilines is 1. The molecule has 0 atom stereocenters. The number of ether oxygens (including phenoxy) is 2. The number of piperidine rings is 1. The van der Waals surface area contributed by atoms with Gasteiger partial charge in [0.05, 0.1) is 6.54 Å². The van der Waals surface area contributed by atoms with Crippen molar-refractivity contribution in [1.29, 1.82) is 0 Å². The Bertz CT molecular complexity index is 789. The third kappa shape index (κ3) is 4.63. The van der Waals surface area contributed by atoms with Crippen LogP contribution in [0, 0.1) is 5.92 Å². The van der Waals surface area contributed by atoms with Gasteiger partial charge in [-0.15, -0.1) is 0 Å². The van der Waals surface area contributed by atoms with Crippen molar-refractivity contribution in [3.05, 3.63) is 18.2 Å². The van der Waals surface area contributed by atoms with Gasteiger partial charge < -0.3 is 24.6 Å². The Kier molecular flexibility index (Phi) is 5.87. The fraction of sp³-hybridized carbons (Fsp3) is 0.571. The van der Waals surface area contributed by atoms with Gasteiger partial charge in [-0.3, -0.25) is 14.4 Å². The minimum Gasteiger partial charge on any atom is -0.454 e. The molecule has 29 heavy (non-hydrogen) atoms. The van der Waals surface area contributed by atoms with Crippen molar-refractivity contribution in [1.82, 2.24) is 9.80 Å². The van der Waals surface area contributed by atoms with Crippen LogP contribution in [-0.4, -0.2) is 60.5 Å². The number of carbonyl (C=O) groups is 3. The number of nitrogens with zero attached hydrogens (tertiary/aromatic N) is 2. The van der Waals surface area contributed by atoms with Crippen LogP contribution in [-0.2, 0) is 14.4 Å². The van der Waals surface area contributed by atoms with Crippen molar-refractivity contribution in [2.45, 2.75) is 38.5 Å². The second-order valence-corrected chi connectivity index (χ2v) is 7.84. The summed E-state index contributed by atoms with van der Waals surface area (Å²) >= 11 is 0. The van der Waals surface area contributed by atoms with E-state index in [1.807, 2.05) is 0 Å². The molecule has 0 saturated carbocycles. The zero-order valence-electron chi connectivity index (χ0n) is 16.5. The monoisotopic (exact) mass is 401 g/mol. The number of likely N-dealkylation sites (tertiary alicyclic amines) is 2. The first-order valence-corrected chi connectivity index (χ1v) is 10.4. The standard InChI is InChI=1S/C21H27N3O5/c25-19-4-2-1-3-9-24(19)13-20(26)23-10-7-15(8-11-23)21(27)22-16-5-6-17-18(12-16)29-14-28-17/h5-6,12,15H,1-4,7-11,13-14H2,(H,22,27). The van der Waals surface area contributed by atoms with Crippen molar-refractivity contribution in [3.63, 3.8) is 0 Å². The summed E-state index contributed by atoms with van der Waals surface area (Å²) in [7, 11) is 0.